The first-order valence-electron chi connectivity index (χ1n) is 4.88. The topological polar surface area (TPSA) is 50.8 Å². The monoisotopic (exact) mass is 211 g/mol. The predicted octanol–water partition coefficient (Wildman–Crippen LogP) is 2.49. The molecule has 3 heteroatoms. The third-order valence-electron chi connectivity index (χ3n) is 2.25. The number of anilines is 1. The molecule has 0 saturated carbocycles. The number of hydrogen-bond donors (Lipinski definition) is 0. The first-order chi connectivity index (χ1) is 7.58. The van der Waals surface area contributed by atoms with Crippen LogP contribution in [0.25, 0.3) is 6.08 Å². The molecule has 1 aromatic rings. The van der Waals surface area contributed by atoms with Crippen molar-refractivity contribution < 1.29 is 0 Å². The Morgan fingerprint density at radius 1 is 1.25 bits per heavy atom. The Morgan fingerprint density at radius 3 is 2.31 bits per heavy atom. The van der Waals surface area contributed by atoms with Crippen LogP contribution in [0.15, 0.2) is 23.8 Å². The van der Waals surface area contributed by atoms with E-state index in [1.165, 1.54) is 0 Å². The van der Waals surface area contributed by atoms with Crippen LogP contribution in [0.4, 0.5) is 5.69 Å². The normalized spacial score (nSPS) is 8.81. The summed E-state index contributed by atoms with van der Waals surface area (Å²) in [4.78, 5) is 2.03. The molecule has 0 aromatic heterocycles. The fourth-order valence-corrected chi connectivity index (χ4v) is 1.53. The Balaban J connectivity index is 3.14. The summed E-state index contributed by atoms with van der Waals surface area (Å²) in [6, 6.07) is 9.54. The van der Waals surface area contributed by atoms with Crippen molar-refractivity contribution in [2.24, 2.45) is 0 Å². The lowest BCUT2D eigenvalue weighted by Gasteiger charge is -2.15. The molecule has 3 nitrogen and oxygen atoms in total. The van der Waals surface area contributed by atoms with Gasteiger partial charge in [0, 0.05) is 19.8 Å². The minimum absolute atomic E-state index is 0.122. The van der Waals surface area contributed by atoms with Gasteiger partial charge in [0.1, 0.15) is 17.7 Å². The van der Waals surface area contributed by atoms with Gasteiger partial charge in [-0.2, -0.15) is 10.5 Å². The van der Waals surface area contributed by atoms with Gasteiger partial charge in [0.2, 0.25) is 0 Å². The van der Waals surface area contributed by atoms with Gasteiger partial charge in [-0.15, -0.1) is 0 Å². The standard InChI is InChI=1S/C13H13N3/c1-10-6-11(7-12(8-14)9-15)4-5-13(10)16(2)3/h4-7H,1-3H3. The third kappa shape index (κ3) is 2.62. The second-order valence-corrected chi connectivity index (χ2v) is 3.72. The molecule has 0 amide bonds. The van der Waals surface area contributed by atoms with E-state index in [1.807, 2.05) is 56.3 Å². The first-order valence-corrected chi connectivity index (χ1v) is 4.88. The van der Waals surface area contributed by atoms with Gasteiger partial charge in [-0.25, -0.2) is 0 Å². The Morgan fingerprint density at radius 2 is 1.88 bits per heavy atom. The smallest absolute Gasteiger partial charge is 0.130 e. The maximum absolute atomic E-state index is 8.65. The Hall–Kier alpha value is -2.26. The first kappa shape index (κ1) is 11.8. The summed E-state index contributed by atoms with van der Waals surface area (Å²) in [5, 5.41) is 17.3. The zero-order valence-electron chi connectivity index (χ0n) is 9.65. The van der Waals surface area contributed by atoms with Crippen molar-refractivity contribution in [2.75, 3.05) is 19.0 Å². The van der Waals surface area contributed by atoms with E-state index >= 15 is 0 Å². The van der Waals surface area contributed by atoms with Gasteiger partial charge in [0.25, 0.3) is 0 Å². The van der Waals surface area contributed by atoms with E-state index in [4.69, 9.17) is 10.5 Å². The van der Waals surface area contributed by atoms with Crippen LogP contribution in [0.1, 0.15) is 11.1 Å². The van der Waals surface area contributed by atoms with Crippen LogP contribution >= 0.6 is 0 Å². The fraction of sp³-hybridized carbons (Fsp3) is 0.231. The second-order valence-electron chi connectivity index (χ2n) is 3.72. The lowest BCUT2D eigenvalue weighted by molar-refractivity contribution is 1.11. The molecule has 0 atom stereocenters. The van der Waals surface area contributed by atoms with Crippen LogP contribution in [0.3, 0.4) is 0 Å². The lowest BCUT2D eigenvalue weighted by atomic mass is 10.1. The quantitative estimate of drug-likeness (QED) is 0.706. The van der Waals surface area contributed by atoms with E-state index < -0.39 is 0 Å². The molecule has 1 aromatic carbocycles. The maximum Gasteiger partial charge on any atom is 0.130 e. The van der Waals surface area contributed by atoms with E-state index in [1.54, 1.807) is 6.08 Å². The molecule has 0 aliphatic heterocycles. The van der Waals surface area contributed by atoms with Crippen LogP contribution in [0, 0.1) is 29.6 Å². The molecular formula is C13H13N3. The molecule has 0 unspecified atom stereocenters. The summed E-state index contributed by atoms with van der Waals surface area (Å²) in [7, 11) is 3.96. The van der Waals surface area contributed by atoms with Crippen LogP contribution < -0.4 is 4.90 Å². The lowest BCUT2D eigenvalue weighted by Crippen LogP contribution is -2.09. The zero-order valence-corrected chi connectivity index (χ0v) is 9.65. The minimum atomic E-state index is 0.122. The molecule has 0 heterocycles. The van der Waals surface area contributed by atoms with Gasteiger partial charge in [-0.05, 0) is 36.3 Å². The Labute approximate surface area is 95.8 Å². The number of nitriles is 2. The van der Waals surface area contributed by atoms with Gasteiger partial charge in [0.15, 0.2) is 0 Å². The molecule has 0 bridgehead atoms. The molecule has 0 N–H and O–H groups in total. The van der Waals surface area contributed by atoms with E-state index in [2.05, 4.69) is 0 Å². The van der Waals surface area contributed by atoms with Crippen molar-refractivity contribution in [2.45, 2.75) is 6.92 Å². The van der Waals surface area contributed by atoms with Crippen molar-refractivity contribution in [1.29, 1.82) is 10.5 Å². The Bertz CT molecular complexity index is 483. The van der Waals surface area contributed by atoms with Crippen LogP contribution in [-0.2, 0) is 0 Å². The highest BCUT2D eigenvalue weighted by molar-refractivity contribution is 5.65. The van der Waals surface area contributed by atoms with Gasteiger partial charge in [-0.1, -0.05) is 6.07 Å². The number of nitrogens with zero attached hydrogens (tertiary/aromatic N) is 3. The number of rotatable bonds is 2. The maximum atomic E-state index is 8.65. The number of allylic oxidation sites excluding steroid dienone is 1. The average Bonchev–Trinajstić information content (AvgIpc) is 2.25. The fourth-order valence-electron chi connectivity index (χ4n) is 1.53. The number of aryl methyl sites for hydroxylation is 1. The molecule has 0 radical (unpaired) electrons. The third-order valence-corrected chi connectivity index (χ3v) is 2.25. The molecule has 80 valence electrons. The molecule has 0 aliphatic carbocycles. The van der Waals surface area contributed by atoms with E-state index in [0.29, 0.717) is 0 Å². The molecule has 0 saturated heterocycles. The summed E-state index contributed by atoms with van der Waals surface area (Å²) in [6.07, 6.45) is 1.59. The number of hydrogen-bond acceptors (Lipinski definition) is 3. The highest BCUT2D eigenvalue weighted by Crippen LogP contribution is 2.20. The SMILES string of the molecule is Cc1cc(C=C(C#N)C#N)ccc1N(C)C. The van der Waals surface area contributed by atoms with Gasteiger partial charge in [-0.3, -0.25) is 0 Å². The highest BCUT2D eigenvalue weighted by Gasteiger charge is 2.01. The molecule has 1 rings (SSSR count). The van der Waals surface area contributed by atoms with Crippen LogP contribution in [0.5, 0.6) is 0 Å². The van der Waals surface area contributed by atoms with Crippen molar-refractivity contribution in [3.8, 4) is 12.1 Å². The summed E-state index contributed by atoms with van der Waals surface area (Å²) < 4.78 is 0. The second kappa shape index (κ2) is 5.00. The zero-order chi connectivity index (χ0) is 12.1. The average molecular weight is 211 g/mol. The Kier molecular flexibility index (Phi) is 3.69. The molecule has 16 heavy (non-hydrogen) atoms. The van der Waals surface area contributed by atoms with Gasteiger partial charge in [0.05, 0.1) is 0 Å². The van der Waals surface area contributed by atoms with Crippen molar-refractivity contribution in [1.82, 2.24) is 0 Å². The van der Waals surface area contributed by atoms with Crippen molar-refractivity contribution >= 4 is 11.8 Å². The van der Waals surface area contributed by atoms with Gasteiger partial charge >= 0.3 is 0 Å². The largest absolute Gasteiger partial charge is 0.377 e. The molecular weight excluding hydrogens is 198 g/mol. The van der Waals surface area contributed by atoms with Crippen LogP contribution in [-0.4, -0.2) is 14.1 Å². The van der Waals surface area contributed by atoms with Crippen LogP contribution in [0.2, 0.25) is 0 Å². The summed E-state index contributed by atoms with van der Waals surface area (Å²) in [5.41, 5.74) is 3.25. The molecule has 0 aliphatic rings. The molecule has 0 fully saturated rings. The number of benzene rings is 1. The van der Waals surface area contributed by atoms with Crippen molar-refractivity contribution in [3.05, 3.63) is 34.9 Å². The minimum Gasteiger partial charge on any atom is -0.377 e. The van der Waals surface area contributed by atoms with E-state index in [9.17, 15) is 0 Å². The summed E-state index contributed by atoms with van der Waals surface area (Å²) in [5.74, 6) is 0. The molecule has 0 spiro atoms. The van der Waals surface area contributed by atoms with E-state index in [0.717, 1.165) is 16.8 Å². The summed E-state index contributed by atoms with van der Waals surface area (Å²) >= 11 is 0. The van der Waals surface area contributed by atoms with Crippen molar-refractivity contribution in [3.63, 3.8) is 0 Å². The predicted molar refractivity (Wildman–Crippen MR) is 64.7 cm³/mol. The highest BCUT2D eigenvalue weighted by atomic mass is 15.1. The van der Waals surface area contributed by atoms with Gasteiger partial charge < -0.3 is 4.90 Å². The summed E-state index contributed by atoms with van der Waals surface area (Å²) in [6.45, 7) is 2.01. The van der Waals surface area contributed by atoms with E-state index in [-0.39, 0.29) is 5.57 Å².